The number of ketones is 1. The fraction of sp³-hybridized carbons (Fsp3) is 0.727. The molecule has 0 aromatic rings. The lowest BCUT2D eigenvalue weighted by Gasteiger charge is -2.29. The van der Waals surface area contributed by atoms with Crippen molar-refractivity contribution in [1.29, 1.82) is 0 Å². The highest BCUT2D eigenvalue weighted by molar-refractivity contribution is 6.15. The number of esters is 3. The summed E-state index contributed by atoms with van der Waals surface area (Å²) in [5, 5.41) is 10.6. The van der Waals surface area contributed by atoms with Crippen molar-refractivity contribution in [1.82, 2.24) is 0 Å². The van der Waals surface area contributed by atoms with Gasteiger partial charge in [-0.25, -0.2) is 0 Å². The van der Waals surface area contributed by atoms with E-state index in [9.17, 15) is 24.3 Å². The number of hydrogen-bond donors (Lipinski definition) is 1. The first-order chi connectivity index (χ1) is 14.1. The minimum atomic E-state index is -1.91. The maximum absolute atomic E-state index is 13.2. The van der Waals surface area contributed by atoms with E-state index in [0.717, 1.165) is 33.5 Å². The summed E-state index contributed by atoms with van der Waals surface area (Å²) in [6.45, 7) is 5.39. The predicted molar refractivity (Wildman–Crippen MR) is 108 cm³/mol. The van der Waals surface area contributed by atoms with Crippen LogP contribution in [0, 0.1) is 17.3 Å². The number of hydrogen-bond acceptors (Lipinski definition) is 8. The zero-order chi connectivity index (χ0) is 22.9. The van der Waals surface area contributed by atoms with E-state index >= 15 is 0 Å². The summed E-state index contributed by atoms with van der Waals surface area (Å²) < 4.78 is 14.6. The number of aliphatic hydroxyl groups is 1. The molecular formula is C22H34O8. The van der Waals surface area contributed by atoms with Crippen molar-refractivity contribution in [2.24, 2.45) is 17.3 Å². The number of unbranched alkanes of at least 4 members (excludes halogenated alkanes) is 2. The third kappa shape index (κ3) is 5.90. The van der Waals surface area contributed by atoms with Gasteiger partial charge in [-0.2, -0.15) is 0 Å². The second-order valence-electron chi connectivity index (χ2n) is 7.90. The van der Waals surface area contributed by atoms with Crippen LogP contribution in [-0.4, -0.2) is 55.2 Å². The topological polar surface area (TPSA) is 116 Å². The van der Waals surface area contributed by atoms with Crippen molar-refractivity contribution >= 4 is 23.7 Å². The first-order valence-electron chi connectivity index (χ1n) is 10.4. The van der Waals surface area contributed by atoms with Crippen molar-refractivity contribution in [3.05, 3.63) is 12.2 Å². The number of rotatable bonds is 11. The van der Waals surface area contributed by atoms with E-state index in [-0.39, 0.29) is 13.0 Å². The Labute approximate surface area is 177 Å². The monoisotopic (exact) mass is 426 g/mol. The average Bonchev–Trinajstić information content (AvgIpc) is 2.98. The Morgan fingerprint density at radius 2 is 1.87 bits per heavy atom. The normalized spacial score (nSPS) is 25.7. The van der Waals surface area contributed by atoms with E-state index < -0.39 is 53.0 Å². The Bertz CT molecular complexity index is 666. The zero-order valence-corrected chi connectivity index (χ0v) is 18.6. The maximum Gasteiger partial charge on any atom is 0.320 e. The number of Topliss-reactive ketones (excluding diaryl/α,β-unsaturated/α-hetero) is 1. The van der Waals surface area contributed by atoms with Crippen LogP contribution in [0.25, 0.3) is 0 Å². The van der Waals surface area contributed by atoms with Crippen molar-refractivity contribution in [2.45, 2.75) is 64.9 Å². The molecule has 0 heterocycles. The quantitative estimate of drug-likeness (QED) is 0.176. The molecule has 0 aromatic carbocycles. The van der Waals surface area contributed by atoms with Crippen LogP contribution in [-0.2, 0) is 33.4 Å². The largest absolute Gasteiger partial charge is 0.468 e. The fourth-order valence-corrected chi connectivity index (χ4v) is 3.95. The number of carbonyl (C=O) groups is 4. The van der Waals surface area contributed by atoms with Gasteiger partial charge >= 0.3 is 17.9 Å². The molecule has 1 N–H and O–H groups in total. The molecule has 0 amide bonds. The van der Waals surface area contributed by atoms with E-state index in [4.69, 9.17) is 14.2 Å². The van der Waals surface area contributed by atoms with E-state index in [1.165, 1.54) is 6.08 Å². The Balaban J connectivity index is 3.35. The van der Waals surface area contributed by atoms with Gasteiger partial charge in [0.2, 0.25) is 0 Å². The smallest absolute Gasteiger partial charge is 0.320 e. The van der Waals surface area contributed by atoms with Gasteiger partial charge < -0.3 is 19.3 Å². The molecule has 1 saturated carbocycles. The van der Waals surface area contributed by atoms with Crippen molar-refractivity contribution in [3.8, 4) is 0 Å². The van der Waals surface area contributed by atoms with Gasteiger partial charge in [-0.3, -0.25) is 19.2 Å². The van der Waals surface area contributed by atoms with Crippen LogP contribution < -0.4 is 0 Å². The minimum Gasteiger partial charge on any atom is -0.468 e. The zero-order valence-electron chi connectivity index (χ0n) is 18.6. The molecule has 0 saturated heterocycles. The van der Waals surface area contributed by atoms with Gasteiger partial charge in [0.05, 0.1) is 32.8 Å². The first-order valence-corrected chi connectivity index (χ1v) is 10.4. The van der Waals surface area contributed by atoms with Crippen molar-refractivity contribution in [2.75, 3.05) is 20.8 Å². The summed E-state index contributed by atoms with van der Waals surface area (Å²) in [6.07, 6.45) is 5.78. The number of carbonyl (C=O) groups excluding carboxylic acids is 4. The number of allylic oxidation sites excluding steroid dienone is 1. The van der Waals surface area contributed by atoms with Crippen molar-refractivity contribution < 1.29 is 38.5 Å². The standard InChI is InChI=1S/C22H34O8/c1-6-8-9-11-21(3,27)12-10-15-13-16(19(25)28-4)18(24)22(15,20(26)29-5)14-17(23)30-7-2/h10,12,15-16,27H,6-9,11,13-14H2,1-5H3/b12-10+. The van der Waals surface area contributed by atoms with E-state index in [2.05, 4.69) is 6.92 Å². The summed E-state index contributed by atoms with van der Waals surface area (Å²) in [5.41, 5.74) is -3.07. The summed E-state index contributed by atoms with van der Waals surface area (Å²) in [4.78, 5) is 50.4. The molecule has 4 unspecified atom stereocenters. The fourth-order valence-electron chi connectivity index (χ4n) is 3.95. The molecule has 1 aliphatic rings. The SMILES string of the molecule is CCCCCC(C)(O)/C=C/C1CC(C(=O)OC)C(=O)C1(CC(=O)OCC)C(=O)OC. The highest BCUT2D eigenvalue weighted by Gasteiger charge is 2.62. The van der Waals surface area contributed by atoms with Crippen LogP contribution in [0.15, 0.2) is 12.2 Å². The Morgan fingerprint density at radius 3 is 2.40 bits per heavy atom. The summed E-state index contributed by atoms with van der Waals surface area (Å²) in [7, 11) is 2.28. The molecule has 0 spiro atoms. The van der Waals surface area contributed by atoms with E-state index in [0.29, 0.717) is 6.42 Å². The van der Waals surface area contributed by atoms with Crippen LogP contribution in [0.4, 0.5) is 0 Å². The van der Waals surface area contributed by atoms with Crippen LogP contribution in [0.2, 0.25) is 0 Å². The molecule has 4 atom stereocenters. The molecule has 0 aliphatic heterocycles. The molecule has 0 aromatic heterocycles. The van der Waals surface area contributed by atoms with Crippen LogP contribution in [0.5, 0.6) is 0 Å². The maximum atomic E-state index is 13.2. The molecule has 8 heteroatoms. The van der Waals surface area contributed by atoms with Gasteiger partial charge in [0.15, 0.2) is 5.78 Å². The highest BCUT2D eigenvalue weighted by Crippen LogP contribution is 2.49. The first kappa shape index (κ1) is 25.8. The molecule has 0 bridgehead atoms. The molecular weight excluding hydrogens is 392 g/mol. The van der Waals surface area contributed by atoms with Crippen LogP contribution in [0.3, 0.4) is 0 Å². The second-order valence-corrected chi connectivity index (χ2v) is 7.90. The molecule has 30 heavy (non-hydrogen) atoms. The van der Waals surface area contributed by atoms with E-state index in [1.807, 2.05) is 0 Å². The molecule has 1 aliphatic carbocycles. The minimum absolute atomic E-state index is 0.0262. The molecule has 170 valence electrons. The lowest BCUT2D eigenvalue weighted by molar-refractivity contribution is -0.166. The third-order valence-electron chi connectivity index (χ3n) is 5.62. The van der Waals surface area contributed by atoms with Gasteiger partial charge in [-0.05, 0) is 26.7 Å². The highest BCUT2D eigenvalue weighted by atomic mass is 16.5. The number of methoxy groups -OCH3 is 2. The van der Waals surface area contributed by atoms with Crippen LogP contribution in [0.1, 0.15) is 59.3 Å². The van der Waals surface area contributed by atoms with Crippen LogP contribution >= 0.6 is 0 Å². The summed E-state index contributed by atoms with van der Waals surface area (Å²) in [6, 6.07) is 0. The Morgan fingerprint density at radius 1 is 1.20 bits per heavy atom. The Kier molecular flexibility index (Phi) is 9.68. The van der Waals surface area contributed by atoms with Crippen molar-refractivity contribution in [3.63, 3.8) is 0 Å². The van der Waals surface area contributed by atoms with Gasteiger partial charge in [-0.15, -0.1) is 0 Å². The summed E-state index contributed by atoms with van der Waals surface area (Å²) >= 11 is 0. The average molecular weight is 427 g/mol. The van der Waals surface area contributed by atoms with Gasteiger partial charge in [-0.1, -0.05) is 38.3 Å². The third-order valence-corrected chi connectivity index (χ3v) is 5.62. The lowest BCUT2D eigenvalue weighted by Crippen LogP contribution is -2.45. The summed E-state index contributed by atoms with van der Waals surface area (Å²) in [5.74, 6) is -5.19. The predicted octanol–water partition coefficient (Wildman–Crippen LogP) is 2.36. The van der Waals surface area contributed by atoms with E-state index in [1.54, 1.807) is 19.9 Å². The van der Waals surface area contributed by atoms with Gasteiger partial charge in [0.25, 0.3) is 0 Å². The van der Waals surface area contributed by atoms with Gasteiger partial charge in [0, 0.05) is 5.92 Å². The molecule has 1 rings (SSSR count). The lowest BCUT2D eigenvalue weighted by atomic mass is 9.73. The second kappa shape index (κ2) is 11.2. The Hall–Kier alpha value is -2.22. The molecule has 0 radical (unpaired) electrons. The molecule has 1 fully saturated rings. The van der Waals surface area contributed by atoms with Gasteiger partial charge in [0.1, 0.15) is 11.3 Å². The number of ether oxygens (including phenoxy) is 3. The molecule has 8 nitrogen and oxygen atoms in total.